The van der Waals surface area contributed by atoms with E-state index in [9.17, 15) is 41.9 Å². The van der Waals surface area contributed by atoms with Crippen LogP contribution < -0.4 is 27.4 Å². The van der Waals surface area contributed by atoms with Gasteiger partial charge in [-0.3, -0.25) is 43.0 Å². The number of ketones is 2. The molecule has 6 N–H and O–H groups in total. The molecule has 0 radical (unpaired) electrons. The van der Waals surface area contributed by atoms with Crippen molar-refractivity contribution in [3.63, 3.8) is 0 Å². The number of nitrogens with one attached hydrogen (secondary N) is 1. The largest absolute Gasteiger partial charge is 0.490 e. The summed E-state index contributed by atoms with van der Waals surface area (Å²) < 4.78 is 34.9. The van der Waals surface area contributed by atoms with E-state index in [2.05, 4.69) is 22.4 Å². The van der Waals surface area contributed by atoms with Crippen molar-refractivity contribution in [2.24, 2.45) is 18.5 Å². The lowest BCUT2D eigenvalue weighted by atomic mass is 9.92. The zero-order valence-electron chi connectivity index (χ0n) is 34.3. The molecular weight excluding hydrogens is 812 g/mol. The monoisotopic (exact) mass is 861 g/mol. The van der Waals surface area contributed by atoms with Gasteiger partial charge in [-0.1, -0.05) is 37.1 Å². The fraction of sp³-hybridized carbons (Fsp3) is 0.455. The number of imidazole rings is 1. The second kappa shape index (κ2) is 19.3. The molecule has 1 aliphatic carbocycles. The number of aromatic nitrogens is 3. The molecule has 15 nitrogen and oxygen atoms in total. The Morgan fingerprint density at radius 2 is 1.61 bits per heavy atom. The van der Waals surface area contributed by atoms with Crippen molar-refractivity contribution in [3.05, 3.63) is 93.2 Å². The summed E-state index contributed by atoms with van der Waals surface area (Å²) in [6, 6.07) is 13.1. The molecule has 330 valence electrons. The summed E-state index contributed by atoms with van der Waals surface area (Å²) in [5, 5.41) is 10.2. The van der Waals surface area contributed by atoms with Gasteiger partial charge in [0.1, 0.15) is 11.8 Å². The summed E-state index contributed by atoms with van der Waals surface area (Å²) in [6.07, 6.45) is 4.81. The molecule has 2 aromatic carbocycles. The lowest BCUT2D eigenvalue weighted by Crippen LogP contribution is -2.53. The van der Waals surface area contributed by atoms with Crippen LogP contribution in [0.2, 0.25) is 0 Å². The number of fused-ring (bicyclic) bond motifs is 1. The van der Waals surface area contributed by atoms with E-state index in [1.165, 1.54) is 5.56 Å². The van der Waals surface area contributed by atoms with Gasteiger partial charge in [-0.25, -0.2) is 9.59 Å². The second-order valence-electron chi connectivity index (χ2n) is 16.1. The van der Waals surface area contributed by atoms with Crippen molar-refractivity contribution in [1.29, 1.82) is 0 Å². The van der Waals surface area contributed by atoms with Gasteiger partial charge in [0.25, 0.3) is 0 Å². The number of hydrogen-bond acceptors (Lipinski definition) is 9. The lowest BCUT2D eigenvalue weighted by molar-refractivity contribution is -0.192. The quantitative estimate of drug-likeness (QED) is 0.104. The number of carboxylic acids is 1. The summed E-state index contributed by atoms with van der Waals surface area (Å²) in [6.45, 7) is 0. The fourth-order valence-electron chi connectivity index (χ4n) is 8.61. The van der Waals surface area contributed by atoms with Gasteiger partial charge in [-0.15, -0.1) is 0 Å². The van der Waals surface area contributed by atoms with Gasteiger partial charge < -0.3 is 21.9 Å². The van der Waals surface area contributed by atoms with E-state index >= 15 is 0 Å². The number of anilines is 1. The van der Waals surface area contributed by atoms with E-state index in [0.717, 1.165) is 71.9 Å². The Balaban J connectivity index is 0.000000845. The van der Waals surface area contributed by atoms with E-state index < -0.39 is 42.2 Å². The standard InChI is InChI=1S/C42H49N7O6.C2HF3O2/c1-47-35-22-25(11-16-33(35)48(42(47)55)34-17-13-29(50)24-37(34)51)8-4-2-3-5-9-26-20-27-12-14-30(43)41(54)49-36(23-28(21-26)39(27)49)40(53)46-32(15-18-38(44)52)31-10-6-7-19-45-31;3-2(4,5)1(6)7/h6-7,10-11,16,19-22,30,32,34,36H,2-5,8-9,12-15,17-18,23-24,43H2,1H3,(H2,44,52)(H,46,53);(H,6,7)/t30-,32-,34?,36-;/m0./s1. The van der Waals surface area contributed by atoms with Crippen LogP contribution in [0.1, 0.15) is 104 Å². The first-order valence-electron chi connectivity index (χ1n) is 20.7. The zero-order valence-corrected chi connectivity index (χ0v) is 34.3. The number of unbranched alkanes of at least 4 members (excludes halogenated alkanes) is 3. The molecule has 62 heavy (non-hydrogen) atoms. The number of nitrogens with zero attached hydrogens (tertiary/aromatic N) is 4. The van der Waals surface area contributed by atoms with Crippen LogP contribution in [0.4, 0.5) is 18.9 Å². The van der Waals surface area contributed by atoms with Crippen LogP contribution in [-0.4, -0.2) is 72.7 Å². The molecule has 0 spiro atoms. The Kier molecular flexibility index (Phi) is 14.1. The molecule has 3 aliphatic rings. The van der Waals surface area contributed by atoms with Crippen LogP contribution >= 0.6 is 0 Å². The normalized spacial score (nSPS) is 19.1. The van der Waals surface area contributed by atoms with Crippen LogP contribution in [0.3, 0.4) is 0 Å². The first-order valence-corrected chi connectivity index (χ1v) is 20.7. The highest BCUT2D eigenvalue weighted by atomic mass is 19.4. The summed E-state index contributed by atoms with van der Waals surface area (Å²) in [4.78, 5) is 91.6. The number of aryl methyl sites for hydroxylation is 4. The van der Waals surface area contributed by atoms with Gasteiger partial charge in [-0.2, -0.15) is 13.2 Å². The lowest BCUT2D eigenvalue weighted by Gasteiger charge is -2.28. The highest BCUT2D eigenvalue weighted by molar-refractivity contribution is 6.07. The van der Waals surface area contributed by atoms with Crippen LogP contribution in [-0.2, 0) is 61.5 Å². The minimum atomic E-state index is -5.08. The molecular formula is C44H50F3N7O8. The number of nitrogens with two attached hydrogens (primary N) is 2. The Hall–Kier alpha value is -6.17. The van der Waals surface area contributed by atoms with Gasteiger partial charge in [0.05, 0.1) is 47.0 Å². The van der Waals surface area contributed by atoms with Gasteiger partial charge in [0.15, 0.2) is 5.78 Å². The van der Waals surface area contributed by atoms with Gasteiger partial charge in [0, 0.05) is 32.5 Å². The number of alkyl halides is 3. The average molecular weight is 862 g/mol. The summed E-state index contributed by atoms with van der Waals surface area (Å²) in [7, 11) is 1.73. The minimum absolute atomic E-state index is 0.0642. The third-order valence-corrected chi connectivity index (χ3v) is 11.7. The number of aliphatic carboxylic acids is 1. The maximum absolute atomic E-state index is 13.9. The topological polar surface area (TPSA) is 230 Å². The highest BCUT2D eigenvalue weighted by Gasteiger charge is 2.44. The van der Waals surface area contributed by atoms with Crippen molar-refractivity contribution in [2.75, 3.05) is 4.90 Å². The predicted molar refractivity (Wildman–Crippen MR) is 221 cm³/mol. The fourth-order valence-corrected chi connectivity index (χ4v) is 8.61. The SMILES string of the molecule is Cn1c(=O)n(C2CCC(=O)CC2=O)c2ccc(CCCCCCc3cc4c5c(c3)C[C@@H](C(=O)N[C@@H](CCC(N)=O)c3ccccn3)N5C(=O)[C@@H](N)CC4)cc21.O=C(O)C(F)(F)F. The Morgan fingerprint density at radius 1 is 0.919 bits per heavy atom. The van der Waals surface area contributed by atoms with Crippen LogP contribution in [0.25, 0.3) is 11.0 Å². The number of hydrogen-bond donors (Lipinski definition) is 4. The number of primary amides is 1. The third kappa shape index (κ3) is 10.3. The molecule has 0 saturated heterocycles. The summed E-state index contributed by atoms with van der Waals surface area (Å²) in [5.74, 6) is -4.06. The number of amides is 3. The zero-order chi connectivity index (χ0) is 44.9. The van der Waals surface area contributed by atoms with Gasteiger partial charge in [0.2, 0.25) is 17.7 Å². The summed E-state index contributed by atoms with van der Waals surface area (Å²) in [5.41, 5.74) is 18.8. The van der Waals surface area contributed by atoms with E-state index in [1.807, 2.05) is 24.3 Å². The van der Waals surface area contributed by atoms with Crippen molar-refractivity contribution >= 4 is 52.0 Å². The van der Waals surface area contributed by atoms with Crippen LogP contribution in [0.15, 0.2) is 59.5 Å². The van der Waals surface area contributed by atoms with E-state index in [4.69, 9.17) is 21.4 Å². The molecule has 2 aromatic heterocycles. The van der Waals surface area contributed by atoms with E-state index in [0.29, 0.717) is 44.2 Å². The third-order valence-electron chi connectivity index (χ3n) is 11.7. The molecule has 2 aliphatic heterocycles. The van der Waals surface area contributed by atoms with Crippen molar-refractivity contribution in [3.8, 4) is 0 Å². The number of pyridine rings is 1. The molecule has 18 heteroatoms. The molecule has 4 atom stereocenters. The number of halogens is 3. The maximum atomic E-state index is 13.9. The molecule has 7 rings (SSSR count). The van der Waals surface area contributed by atoms with Gasteiger partial charge >= 0.3 is 17.8 Å². The first kappa shape index (κ1) is 45.4. The van der Waals surface area contributed by atoms with E-state index in [1.54, 1.807) is 39.4 Å². The predicted octanol–water partition coefficient (Wildman–Crippen LogP) is 4.23. The number of benzene rings is 2. The molecule has 1 unspecified atom stereocenters. The number of carbonyl (C=O) groups excluding carboxylic acids is 5. The summed E-state index contributed by atoms with van der Waals surface area (Å²) >= 11 is 0. The van der Waals surface area contributed by atoms with Crippen molar-refractivity contribution in [2.45, 2.75) is 120 Å². The Labute approximate surface area is 354 Å². The molecule has 3 amide bonds. The molecule has 4 aromatic rings. The minimum Gasteiger partial charge on any atom is -0.475 e. The highest BCUT2D eigenvalue weighted by Crippen LogP contribution is 2.40. The average Bonchev–Trinajstić information content (AvgIpc) is 3.69. The number of rotatable bonds is 14. The molecule has 0 bridgehead atoms. The molecule has 1 saturated carbocycles. The van der Waals surface area contributed by atoms with Crippen molar-refractivity contribution < 1.29 is 47.0 Å². The van der Waals surface area contributed by atoms with Crippen LogP contribution in [0.5, 0.6) is 0 Å². The second-order valence-corrected chi connectivity index (χ2v) is 16.1. The van der Waals surface area contributed by atoms with Gasteiger partial charge in [-0.05, 0) is 97.9 Å². The van der Waals surface area contributed by atoms with Crippen LogP contribution in [0, 0.1) is 0 Å². The molecule has 4 heterocycles. The number of Topliss-reactive ketones (excluding diaryl/α,β-unsaturated/α-hetero) is 2. The number of carbonyl (C=O) groups is 6. The molecule has 1 fully saturated rings. The van der Waals surface area contributed by atoms with Crippen molar-refractivity contribution in [1.82, 2.24) is 19.4 Å². The maximum Gasteiger partial charge on any atom is 0.490 e. The smallest absolute Gasteiger partial charge is 0.475 e. The Bertz CT molecular complexity index is 2430. The number of carboxylic acid groups (broad SMARTS) is 1. The first-order chi connectivity index (χ1) is 29.4. The van der Waals surface area contributed by atoms with E-state index in [-0.39, 0.29) is 41.9 Å². The Morgan fingerprint density at radius 3 is 2.26 bits per heavy atom.